The van der Waals surface area contributed by atoms with E-state index in [1.165, 1.54) is 4.90 Å². The zero-order valence-corrected chi connectivity index (χ0v) is 8.85. The molecule has 0 aliphatic heterocycles. The number of hydrogen-bond acceptors (Lipinski definition) is 3. The highest BCUT2D eigenvalue weighted by Crippen LogP contribution is 2.20. The molecule has 13 heavy (non-hydrogen) atoms. The molecule has 0 unspecified atom stereocenters. The molecule has 0 aliphatic carbocycles. The first-order valence-electron chi connectivity index (χ1n) is 4.08. The van der Waals surface area contributed by atoms with Crippen molar-refractivity contribution in [3.05, 3.63) is 23.3 Å². The van der Waals surface area contributed by atoms with Gasteiger partial charge in [-0.1, -0.05) is 6.07 Å². The van der Waals surface area contributed by atoms with E-state index in [1.807, 2.05) is 26.2 Å². The SMILES string of the molecule is CSc1ccc(B(O)O)c(C)c1C. The van der Waals surface area contributed by atoms with Crippen LogP contribution in [0, 0.1) is 13.8 Å². The lowest BCUT2D eigenvalue weighted by Crippen LogP contribution is -2.32. The van der Waals surface area contributed by atoms with Gasteiger partial charge in [0.05, 0.1) is 0 Å². The minimum Gasteiger partial charge on any atom is -0.423 e. The molecule has 0 saturated heterocycles. The third-order valence-electron chi connectivity index (χ3n) is 2.28. The van der Waals surface area contributed by atoms with Crippen molar-refractivity contribution in [2.75, 3.05) is 6.26 Å². The number of thioether (sulfide) groups is 1. The molecular weight excluding hydrogens is 183 g/mol. The second-order valence-corrected chi connectivity index (χ2v) is 3.83. The fraction of sp³-hybridized carbons (Fsp3) is 0.333. The summed E-state index contributed by atoms with van der Waals surface area (Å²) >= 11 is 1.67. The molecule has 2 N–H and O–H groups in total. The molecule has 0 atom stereocenters. The summed E-state index contributed by atoms with van der Waals surface area (Å²) in [5.41, 5.74) is 2.68. The van der Waals surface area contributed by atoms with Crippen LogP contribution in [0.1, 0.15) is 11.1 Å². The number of rotatable bonds is 2. The topological polar surface area (TPSA) is 40.5 Å². The zero-order chi connectivity index (χ0) is 10.0. The summed E-state index contributed by atoms with van der Waals surface area (Å²) in [6.45, 7) is 3.90. The number of hydrogen-bond donors (Lipinski definition) is 2. The van der Waals surface area contributed by atoms with E-state index in [0.717, 1.165) is 11.1 Å². The van der Waals surface area contributed by atoms with Crippen LogP contribution >= 0.6 is 11.8 Å². The quantitative estimate of drug-likeness (QED) is 0.540. The monoisotopic (exact) mass is 196 g/mol. The largest absolute Gasteiger partial charge is 0.488 e. The Hall–Kier alpha value is -0.445. The van der Waals surface area contributed by atoms with Gasteiger partial charge < -0.3 is 10.0 Å². The van der Waals surface area contributed by atoms with Crippen LogP contribution in [-0.2, 0) is 0 Å². The molecule has 1 aromatic carbocycles. The van der Waals surface area contributed by atoms with Crippen LogP contribution in [0.15, 0.2) is 17.0 Å². The Kier molecular flexibility index (Phi) is 3.42. The summed E-state index contributed by atoms with van der Waals surface area (Å²) in [5.74, 6) is 0. The van der Waals surface area contributed by atoms with Crippen molar-refractivity contribution in [1.82, 2.24) is 0 Å². The van der Waals surface area contributed by atoms with Gasteiger partial charge in [-0.25, -0.2) is 0 Å². The molecule has 0 amide bonds. The van der Waals surface area contributed by atoms with Gasteiger partial charge in [-0.2, -0.15) is 0 Å². The molecule has 0 bridgehead atoms. The van der Waals surface area contributed by atoms with Crippen molar-refractivity contribution in [3.8, 4) is 0 Å². The van der Waals surface area contributed by atoms with Crippen LogP contribution in [0.4, 0.5) is 0 Å². The fourth-order valence-corrected chi connectivity index (χ4v) is 1.98. The average Bonchev–Trinajstić information content (AvgIpc) is 2.09. The molecule has 0 aliphatic rings. The molecule has 4 heteroatoms. The fourth-order valence-electron chi connectivity index (χ4n) is 1.32. The average molecular weight is 196 g/mol. The first-order valence-corrected chi connectivity index (χ1v) is 5.30. The first-order chi connectivity index (χ1) is 6.07. The summed E-state index contributed by atoms with van der Waals surface area (Å²) in [6, 6.07) is 3.68. The molecule has 0 spiro atoms. The highest BCUT2D eigenvalue weighted by Gasteiger charge is 2.15. The molecule has 1 rings (SSSR count). The maximum Gasteiger partial charge on any atom is 0.488 e. The van der Waals surface area contributed by atoms with Gasteiger partial charge in [-0.3, -0.25) is 0 Å². The van der Waals surface area contributed by atoms with Crippen LogP contribution in [-0.4, -0.2) is 23.4 Å². The van der Waals surface area contributed by atoms with Crippen molar-refractivity contribution in [2.24, 2.45) is 0 Å². The predicted octanol–water partition coefficient (Wildman–Crippen LogP) is 0.705. The van der Waals surface area contributed by atoms with Crippen LogP contribution in [0.2, 0.25) is 0 Å². The molecule has 0 saturated carbocycles. The molecule has 0 heterocycles. The summed E-state index contributed by atoms with van der Waals surface area (Å²) in [4.78, 5) is 1.18. The maximum absolute atomic E-state index is 9.04. The Morgan fingerprint density at radius 3 is 2.23 bits per heavy atom. The van der Waals surface area contributed by atoms with Crippen LogP contribution in [0.5, 0.6) is 0 Å². The normalized spacial score (nSPS) is 10.2. The molecule has 0 aromatic heterocycles. The van der Waals surface area contributed by atoms with Gasteiger partial charge in [0.25, 0.3) is 0 Å². The van der Waals surface area contributed by atoms with Gasteiger partial charge in [0.2, 0.25) is 0 Å². The van der Waals surface area contributed by atoms with Crippen LogP contribution in [0.3, 0.4) is 0 Å². The molecule has 0 radical (unpaired) electrons. The minimum absolute atomic E-state index is 0.593. The Morgan fingerprint density at radius 2 is 1.77 bits per heavy atom. The van der Waals surface area contributed by atoms with E-state index >= 15 is 0 Å². The van der Waals surface area contributed by atoms with Crippen LogP contribution < -0.4 is 5.46 Å². The van der Waals surface area contributed by atoms with E-state index in [-0.39, 0.29) is 0 Å². The maximum atomic E-state index is 9.04. The van der Waals surface area contributed by atoms with Gasteiger partial charge >= 0.3 is 7.12 Å². The Labute approximate surface area is 83.1 Å². The standard InChI is InChI=1S/C9H13BO2S/c1-6-7(2)9(13-3)5-4-8(6)10(11)12/h4-5,11-12H,1-3H3. The van der Waals surface area contributed by atoms with Crippen molar-refractivity contribution >= 4 is 24.3 Å². The zero-order valence-electron chi connectivity index (χ0n) is 8.03. The summed E-state index contributed by atoms with van der Waals surface area (Å²) in [5, 5.41) is 18.1. The molecule has 70 valence electrons. The Bertz CT molecular complexity index is 313. The second kappa shape index (κ2) is 4.18. The number of benzene rings is 1. The third kappa shape index (κ3) is 2.07. The second-order valence-electron chi connectivity index (χ2n) is 2.98. The summed E-state index contributed by atoms with van der Waals surface area (Å²) in [7, 11) is -1.37. The van der Waals surface area contributed by atoms with Crippen molar-refractivity contribution < 1.29 is 10.0 Å². The van der Waals surface area contributed by atoms with Crippen molar-refractivity contribution in [2.45, 2.75) is 18.7 Å². The smallest absolute Gasteiger partial charge is 0.423 e. The van der Waals surface area contributed by atoms with Crippen molar-refractivity contribution in [3.63, 3.8) is 0 Å². The van der Waals surface area contributed by atoms with E-state index in [0.29, 0.717) is 5.46 Å². The highest BCUT2D eigenvalue weighted by molar-refractivity contribution is 7.98. The first kappa shape index (κ1) is 10.6. The Balaban J connectivity index is 3.23. The molecule has 0 fully saturated rings. The third-order valence-corrected chi connectivity index (χ3v) is 3.16. The molecular formula is C9H13BO2S. The van der Waals surface area contributed by atoms with E-state index in [9.17, 15) is 0 Å². The summed E-state index contributed by atoms with van der Waals surface area (Å²) < 4.78 is 0. The van der Waals surface area contributed by atoms with Gasteiger partial charge in [-0.05, 0) is 42.8 Å². The van der Waals surface area contributed by atoms with E-state index < -0.39 is 7.12 Å². The Morgan fingerprint density at radius 1 is 1.15 bits per heavy atom. The highest BCUT2D eigenvalue weighted by atomic mass is 32.2. The lowest BCUT2D eigenvalue weighted by Gasteiger charge is -2.10. The van der Waals surface area contributed by atoms with Gasteiger partial charge in [-0.15, -0.1) is 11.8 Å². The summed E-state index contributed by atoms with van der Waals surface area (Å²) in [6.07, 6.45) is 2.01. The lowest BCUT2D eigenvalue weighted by atomic mass is 9.76. The predicted molar refractivity (Wildman–Crippen MR) is 57.5 cm³/mol. The van der Waals surface area contributed by atoms with Gasteiger partial charge in [0.15, 0.2) is 0 Å². The van der Waals surface area contributed by atoms with Gasteiger partial charge in [0, 0.05) is 4.90 Å². The van der Waals surface area contributed by atoms with E-state index in [4.69, 9.17) is 10.0 Å². The van der Waals surface area contributed by atoms with Crippen LogP contribution in [0.25, 0.3) is 0 Å². The minimum atomic E-state index is -1.37. The van der Waals surface area contributed by atoms with Crippen molar-refractivity contribution in [1.29, 1.82) is 0 Å². The molecule has 2 nitrogen and oxygen atoms in total. The van der Waals surface area contributed by atoms with Gasteiger partial charge in [0.1, 0.15) is 0 Å². The van der Waals surface area contributed by atoms with E-state index in [2.05, 4.69) is 0 Å². The van der Waals surface area contributed by atoms with E-state index in [1.54, 1.807) is 17.8 Å². The molecule has 1 aromatic rings. The lowest BCUT2D eigenvalue weighted by molar-refractivity contribution is 0.425.